The van der Waals surface area contributed by atoms with Gasteiger partial charge in [0.1, 0.15) is 5.82 Å². The Balaban J connectivity index is 0.00000264. The van der Waals surface area contributed by atoms with E-state index >= 15 is 0 Å². The lowest BCUT2D eigenvalue weighted by atomic mass is 9.95. The summed E-state index contributed by atoms with van der Waals surface area (Å²) < 4.78 is 13.1. The Morgan fingerprint density at radius 2 is 2.04 bits per heavy atom. The van der Waals surface area contributed by atoms with Gasteiger partial charge in [-0.3, -0.25) is 9.59 Å². The number of piperidine rings is 1. The first-order chi connectivity index (χ1) is 10.5. The first-order valence-corrected chi connectivity index (χ1v) is 7.56. The summed E-state index contributed by atoms with van der Waals surface area (Å²) in [4.78, 5) is 26.0. The van der Waals surface area contributed by atoms with E-state index in [-0.39, 0.29) is 41.9 Å². The van der Waals surface area contributed by atoms with Gasteiger partial charge in [-0.15, -0.1) is 12.4 Å². The minimum atomic E-state index is -0.381. The van der Waals surface area contributed by atoms with Crippen molar-refractivity contribution in [1.29, 1.82) is 0 Å². The molecular weight excluding hydrogens is 321 g/mol. The van der Waals surface area contributed by atoms with Crippen LogP contribution < -0.4 is 11.1 Å². The molecule has 1 aromatic rings. The summed E-state index contributed by atoms with van der Waals surface area (Å²) in [6.45, 7) is 3.26. The maximum atomic E-state index is 13.1. The number of carbonyl (C=O) groups excluding carboxylic acids is 2. The average Bonchev–Trinajstić information content (AvgIpc) is 2.53. The molecule has 0 spiro atoms. The van der Waals surface area contributed by atoms with Crippen LogP contribution in [0.2, 0.25) is 0 Å². The molecule has 1 aliphatic heterocycles. The lowest BCUT2D eigenvalue weighted by Crippen LogP contribution is -2.44. The highest BCUT2D eigenvalue weighted by Gasteiger charge is 2.28. The summed E-state index contributed by atoms with van der Waals surface area (Å²) in [5.74, 6) is -0.789. The molecule has 0 aliphatic carbocycles. The van der Waals surface area contributed by atoms with Crippen LogP contribution in [0.1, 0.15) is 19.8 Å². The van der Waals surface area contributed by atoms with Crippen molar-refractivity contribution in [2.75, 3.05) is 25.0 Å². The highest BCUT2D eigenvalue weighted by Crippen LogP contribution is 2.21. The summed E-state index contributed by atoms with van der Waals surface area (Å²) in [5, 5.41) is 2.73. The third kappa shape index (κ3) is 5.18. The number of nitrogens with zero attached hydrogens (tertiary/aromatic N) is 1. The topological polar surface area (TPSA) is 75.4 Å². The Morgan fingerprint density at radius 1 is 1.39 bits per heavy atom. The highest BCUT2D eigenvalue weighted by atomic mass is 35.5. The average molecular weight is 344 g/mol. The number of halogens is 2. The van der Waals surface area contributed by atoms with E-state index in [9.17, 15) is 14.0 Å². The van der Waals surface area contributed by atoms with Crippen molar-refractivity contribution >= 4 is 29.9 Å². The fourth-order valence-corrected chi connectivity index (χ4v) is 2.59. The van der Waals surface area contributed by atoms with Gasteiger partial charge in [-0.1, -0.05) is 13.0 Å². The summed E-state index contributed by atoms with van der Waals surface area (Å²) in [7, 11) is 0. The number of hydrogen-bond donors (Lipinski definition) is 2. The summed E-state index contributed by atoms with van der Waals surface area (Å²) >= 11 is 0. The van der Waals surface area contributed by atoms with Crippen LogP contribution in [0.4, 0.5) is 10.1 Å². The van der Waals surface area contributed by atoms with Gasteiger partial charge in [0.15, 0.2) is 0 Å². The van der Waals surface area contributed by atoms with Gasteiger partial charge in [0, 0.05) is 37.2 Å². The second-order valence-electron chi connectivity index (χ2n) is 5.74. The zero-order chi connectivity index (χ0) is 16.1. The van der Waals surface area contributed by atoms with E-state index in [1.165, 1.54) is 12.1 Å². The van der Waals surface area contributed by atoms with Gasteiger partial charge in [0.25, 0.3) is 0 Å². The molecule has 2 amide bonds. The maximum Gasteiger partial charge on any atom is 0.227 e. The van der Waals surface area contributed by atoms with Gasteiger partial charge in [-0.25, -0.2) is 4.39 Å². The fraction of sp³-hybridized carbons (Fsp3) is 0.500. The molecule has 0 saturated carbocycles. The van der Waals surface area contributed by atoms with E-state index in [1.54, 1.807) is 17.0 Å². The van der Waals surface area contributed by atoms with Crippen LogP contribution in [-0.2, 0) is 9.59 Å². The van der Waals surface area contributed by atoms with Crippen LogP contribution in [0.15, 0.2) is 24.3 Å². The van der Waals surface area contributed by atoms with Crippen LogP contribution >= 0.6 is 12.4 Å². The number of benzene rings is 1. The third-order valence-corrected chi connectivity index (χ3v) is 4.04. The minimum Gasteiger partial charge on any atom is -0.342 e. The van der Waals surface area contributed by atoms with Gasteiger partial charge in [-0.05, 0) is 31.0 Å². The minimum absolute atomic E-state index is 0. The SMILES string of the molecule is CC(CN)C(=O)N1CCC(C(=O)Nc2cccc(F)c2)CC1.Cl. The lowest BCUT2D eigenvalue weighted by Gasteiger charge is -2.32. The van der Waals surface area contributed by atoms with Crippen LogP contribution in [0.3, 0.4) is 0 Å². The molecule has 0 radical (unpaired) electrons. The van der Waals surface area contributed by atoms with Gasteiger partial charge in [-0.2, -0.15) is 0 Å². The largest absolute Gasteiger partial charge is 0.342 e. The second kappa shape index (κ2) is 8.84. The molecule has 5 nitrogen and oxygen atoms in total. The number of nitrogens with one attached hydrogen (secondary N) is 1. The molecule has 0 bridgehead atoms. The molecule has 1 unspecified atom stereocenters. The van der Waals surface area contributed by atoms with Crippen LogP contribution in [0.5, 0.6) is 0 Å². The zero-order valence-corrected chi connectivity index (χ0v) is 13.9. The van der Waals surface area contributed by atoms with Crippen molar-refractivity contribution in [2.45, 2.75) is 19.8 Å². The number of amides is 2. The maximum absolute atomic E-state index is 13.1. The number of hydrogen-bond acceptors (Lipinski definition) is 3. The summed E-state index contributed by atoms with van der Waals surface area (Å²) in [5.41, 5.74) is 5.97. The number of likely N-dealkylation sites (tertiary alicyclic amines) is 1. The number of carbonyl (C=O) groups is 2. The van der Waals surface area contributed by atoms with E-state index in [0.29, 0.717) is 38.2 Å². The third-order valence-electron chi connectivity index (χ3n) is 4.04. The number of rotatable bonds is 4. The van der Waals surface area contributed by atoms with E-state index in [0.717, 1.165) is 0 Å². The van der Waals surface area contributed by atoms with Crippen molar-refractivity contribution < 1.29 is 14.0 Å². The smallest absolute Gasteiger partial charge is 0.227 e. The van der Waals surface area contributed by atoms with Crippen molar-refractivity contribution in [3.05, 3.63) is 30.1 Å². The van der Waals surface area contributed by atoms with Gasteiger partial charge in [0.05, 0.1) is 0 Å². The predicted octanol–water partition coefficient (Wildman–Crippen LogP) is 2.02. The molecule has 1 aromatic carbocycles. The number of nitrogens with two attached hydrogens (primary N) is 1. The van der Waals surface area contributed by atoms with E-state index in [2.05, 4.69) is 5.32 Å². The standard InChI is InChI=1S/C16H22FN3O2.ClH/c1-11(10-18)16(22)20-7-5-12(6-8-20)15(21)19-14-4-2-3-13(17)9-14;/h2-4,9,11-12H,5-8,10,18H2,1H3,(H,19,21);1H. The lowest BCUT2D eigenvalue weighted by molar-refractivity contribution is -0.137. The van der Waals surface area contributed by atoms with Crippen LogP contribution in [-0.4, -0.2) is 36.3 Å². The second-order valence-corrected chi connectivity index (χ2v) is 5.74. The summed E-state index contributed by atoms with van der Waals surface area (Å²) in [6, 6.07) is 5.83. The fourth-order valence-electron chi connectivity index (χ4n) is 2.59. The van der Waals surface area contributed by atoms with E-state index in [1.807, 2.05) is 6.92 Å². The van der Waals surface area contributed by atoms with Crippen molar-refractivity contribution in [1.82, 2.24) is 4.90 Å². The first-order valence-electron chi connectivity index (χ1n) is 7.56. The Hall–Kier alpha value is -1.66. The molecule has 2 rings (SSSR count). The Kier molecular flexibility index (Phi) is 7.45. The van der Waals surface area contributed by atoms with Gasteiger partial charge < -0.3 is 16.0 Å². The molecule has 1 aliphatic rings. The predicted molar refractivity (Wildman–Crippen MR) is 89.8 cm³/mol. The molecule has 1 atom stereocenters. The molecule has 1 fully saturated rings. The highest BCUT2D eigenvalue weighted by molar-refractivity contribution is 5.92. The van der Waals surface area contributed by atoms with E-state index < -0.39 is 0 Å². The Morgan fingerprint density at radius 3 is 2.61 bits per heavy atom. The Labute approximate surface area is 141 Å². The van der Waals surface area contributed by atoms with Crippen molar-refractivity contribution in [3.63, 3.8) is 0 Å². The molecule has 1 saturated heterocycles. The van der Waals surface area contributed by atoms with Crippen LogP contribution in [0.25, 0.3) is 0 Å². The van der Waals surface area contributed by atoms with Gasteiger partial charge >= 0.3 is 0 Å². The monoisotopic (exact) mass is 343 g/mol. The molecule has 128 valence electrons. The molecule has 0 aromatic heterocycles. The molecule has 23 heavy (non-hydrogen) atoms. The van der Waals surface area contributed by atoms with Crippen LogP contribution in [0, 0.1) is 17.7 Å². The normalized spacial score (nSPS) is 16.4. The van der Waals surface area contributed by atoms with Crippen molar-refractivity contribution in [2.24, 2.45) is 17.6 Å². The Bertz CT molecular complexity index is 548. The molecular formula is C16H23ClFN3O2. The van der Waals surface area contributed by atoms with E-state index in [4.69, 9.17) is 5.73 Å². The first kappa shape index (κ1) is 19.4. The number of anilines is 1. The molecule has 7 heteroatoms. The van der Waals surface area contributed by atoms with Gasteiger partial charge in [0.2, 0.25) is 11.8 Å². The molecule has 1 heterocycles. The summed E-state index contributed by atoms with van der Waals surface area (Å²) in [6.07, 6.45) is 1.23. The quantitative estimate of drug-likeness (QED) is 0.878. The zero-order valence-electron chi connectivity index (χ0n) is 13.1. The van der Waals surface area contributed by atoms with Crippen molar-refractivity contribution in [3.8, 4) is 0 Å². The molecule has 3 N–H and O–H groups in total.